The molecule has 0 saturated carbocycles. The topological polar surface area (TPSA) is 25.4 Å². The molecule has 0 aromatic carbocycles. The van der Waals surface area contributed by atoms with Crippen molar-refractivity contribution in [3.63, 3.8) is 0 Å². The lowest BCUT2D eigenvalue weighted by Gasteiger charge is -2.28. The zero-order chi connectivity index (χ0) is 10.7. The fourth-order valence-electron chi connectivity index (χ4n) is 1.75. The molecule has 1 aliphatic heterocycles. The SMILES string of the molecule is CC(C)c1ccc(N2CCOCC2)cn1. The highest BCUT2D eigenvalue weighted by molar-refractivity contribution is 5.45. The molecular weight excluding hydrogens is 188 g/mol. The summed E-state index contributed by atoms with van der Waals surface area (Å²) in [6.45, 7) is 7.93. The Morgan fingerprint density at radius 2 is 2.00 bits per heavy atom. The number of hydrogen-bond donors (Lipinski definition) is 0. The lowest BCUT2D eigenvalue weighted by Crippen LogP contribution is -2.36. The van der Waals surface area contributed by atoms with Crippen LogP contribution in [-0.4, -0.2) is 31.3 Å². The maximum absolute atomic E-state index is 5.32. The number of aromatic nitrogens is 1. The van der Waals surface area contributed by atoms with Gasteiger partial charge in [-0.05, 0) is 18.1 Å². The van der Waals surface area contributed by atoms with Crippen LogP contribution in [0.2, 0.25) is 0 Å². The summed E-state index contributed by atoms with van der Waals surface area (Å²) in [5, 5.41) is 0. The van der Waals surface area contributed by atoms with Crippen molar-refractivity contribution in [1.82, 2.24) is 4.98 Å². The summed E-state index contributed by atoms with van der Waals surface area (Å²) >= 11 is 0. The van der Waals surface area contributed by atoms with E-state index in [1.165, 1.54) is 5.69 Å². The third kappa shape index (κ3) is 2.48. The number of rotatable bonds is 2. The van der Waals surface area contributed by atoms with E-state index in [1.807, 2.05) is 6.20 Å². The van der Waals surface area contributed by atoms with Gasteiger partial charge in [-0.25, -0.2) is 0 Å². The molecule has 2 rings (SSSR count). The van der Waals surface area contributed by atoms with E-state index in [0.29, 0.717) is 5.92 Å². The van der Waals surface area contributed by atoms with E-state index >= 15 is 0 Å². The summed E-state index contributed by atoms with van der Waals surface area (Å²) in [4.78, 5) is 6.79. The van der Waals surface area contributed by atoms with E-state index in [0.717, 1.165) is 32.0 Å². The first-order valence-corrected chi connectivity index (χ1v) is 5.56. The molecule has 1 aromatic heterocycles. The molecule has 0 N–H and O–H groups in total. The quantitative estimate of drug-likeness (QED) is 0.740. The summed E-state index contributed by atoms with van der Waals surface area (Å²) < 4.78 is 5.32. The predicted octanol–water partition coefficient (Wildman–Crippen LogP) is 2.04. The van der Waals surface area contributed by atoms with Gasteiger partial charge in [0, 0.05) is 18.8 Å². The normalized spacial score (nSPS) is 17.1. The van der Waals surface area contributed by atoms with E-state index in [1.54, 1.807) is 0 Å². The summed E-state index contributed by atoms with van der Waals surface area (Å²) in [7, 11) is 0. The highest BCUT2D eigenvalue weighted by atomic mass is 16.5. The molecule has 0 unspecified atom stereocenters. The van der Waals surface area contributed by atoms with Crippen LogP contribution in [0.3, 0.4) is 0 Å². The molecule has 2 heterocycles. The molecule has 0 atom stereocenters. The third-order valence-electron chi connectivity index (χ3n) is 2.74. The Labute approximate surface area is 91.1 Å². The lowest BCUT2D eigenvalue weighted by molar-refractivity contribution is 0.122. The molecular formula is C12H18N2O. The van der Waals surface area contributed by atoms with Crippen LogP contribution >= 0.6 is 0 Å². The van der Waals surface area contributed by atoms with Crippen molar-refractivity contribution in [3.8, 4) is 0 Å². The zero-order valence-electron chi connectivity index (χ0n) is 9.44. The Balaban J connectivity index is 2.08. The molecule has 1 fully saturated rings. The first-order chi connectivity index (χ1) is 7.27. The minimum absolute atomic E-state index is 0.503. The van der Waals surface area contributed by atoms with Gasteiger partial charge in [-0.2, -0.15) is 0 Å². The highest BCUT2D eigenvalue weighted by Gasteiger charge is 2.11. The van der Waals surface area contributed by atoms with Gasteiger partial charge in [0.2, 0.25) is 0 Å². The lowest BCUT2D eigenvalue weighted by atomic mass is 10.1. The van der Waals surface area contributed by atoms with Gasteiger partial charge in [-0.15, -0.1) is 0 Å². The summed E-state index contributed by atoms with van der Waals surface area (Å²) in [5.74, 6) is 0.503. The number of morpholine rings is 1. The second-order valence-corrected chi connectivity index (χ2v) is 4.20. The molecule has 0 aliphatic carbocycles. The Morgan fingerprint density at radius 3 is 2.53 bits per heavy atom. The van der Waals surface area contributed by atoms with E-state index in [-0.39, 0.29) is 0 Å². The summed E-state index contributed by atoms with van der Waals surface area (Å²) in [6.07, 6.45) is 1.97. The molecule has 3 nitrogen and oxygen atoms in total. The van der Waals surface area contributed by atoms with Crippen LogP contribution in [0.15, 0.2) is 18.3 Å². The molecule has 1 saturated heterocycles. The van der Waals surface area contributed by atoms with E-state index in [9.17, 15) is 0 Å². The van der Waals surface area contributed by atoms with Gasteiger partial charge in [-0.1, -0.05) is 13.8 Å². The smallest absolute Gasteiger partial charge is 0.0642 e. The first kappa shape index (κ1) is 10.4. The van der Waals surface area contributed by atoms with E-state index in [4.69, 9.17) is 4.74 Å². The Bertz CT molecular complexity index is 302. The monoisotopic (exact) mass is 206 g/mol. The van der Waals surface area contributed by atoms with Gasteiger partial charge in [0.15, 0.2) is 0 Å². The maximum atomic E-state index is 5.32. The zero-order valence-corrected chi connectivity index (χ0v) is 9.44. The third-order valence-corrected chi connectivity index (χ3v) is 2.74. The van der Waals surface area contributed by atoms with Crippen molar-refractivity contribution in [2.24, 2.45) is 0 Å². The van der Waals surface area contributed by atoms with Gasteiger partial charge in [-0.3, -0.25) is 4.98 Å². The first-order valence-electron chi connectivity index (χ1n) is 5.56. The molecule has 15 heavy (non-hydrogen) atoms. The minimum atomic E-state index is 0.503. The molecule has 0 spiro atoms. The highest BCUT2D eigenvalue weighted by Crippen LogP contribution is 2.17. The Kier molecular flexibility index (Phi) is 3.21. The van der Waals surface area contributed by atoms with Crippen LogP contribution in [0.5, 0.6) is 0 Å². The second kappa shape index (κ2) is 4.62. The van der Waals surface area contributed by atoms with Crippen LogP contribution in [0.1, 0.15) is 25.5 Å². The molecule has 3 heteroatoms. The molecule has 0 radical (unpaired) electrons. The maximum Gasteiger partial charge on any atom is 0.0642 e. The van der Waals surface area contributed by atoms with Gasteiger partial charge in [0.05, 0.1) is 25.1 Å². The van der Waals surface area contributed by atoms with Crippen LogP contribution in [-0.2, 0) is 4.74 Å². The molecule has 0 amide bonds. The second-order valence-electron chi connectivity index (χ2n) is 4.20. The molecule has 0 bridgehead atoms. The largest absolute Gasteiger partial charge is 0.378 e. The molecule has 1 aliphatic rings. The number of anilines is 1. The van der Waals surface area contributed by atoms with Gasteiger partial charge in [0.25, 0.3) is 0 Å². The number of ether oxygens (including phenoxy) is 1. The van der Waals surface area contributed by atoms with Crippen LogP contribution in [0.4, 0.5) is 5.69 Å². The van der Waals surface area contributed by atoms with Crippen molar-refractivity contribution in [1.29, 1.82) is 0 Å². The number of hydrogen-bond acceptors (Lipinski definition) is 3. The molecule has 1 aromatic rings. The van der Waals surface area contributed by atoms with Crippen molar-refractivity contribution < 1.29 is 4.74 Å². The fourth-order valence-corrected chi connectivity index (χ4v) is 1.75. The van der Waals surface area contributed by atoms with Gasteiger partial charge < -0.3 is 9.64 Å². The van der Waals surface area contributed by atoms with Crippen molar-refractivity contribution in [2.45, 2.75) is 19.8 Å². The van der Waals surface area contributed by atoms with Crippen LogP contribution < -0.4 is 4.90 Å². The standard InChI is InChI=1S/C12H18N2O/c1-10(2)12-4-3-11(9-13-12)14-5-7-15-8-6-14/h3-4,9-10H,5-8H2,1-2H3. The predicted molar refractivity (Wildman–Crippen MR) is 61.4 cm³/mol. The average molecular weight is 206 g/mol. The van der Waals surface area contributed by atoms with Crippen molar-refractivity contribution in [3.05, 3.63) is 24.0 Å². The minimum Gasteiger partial charge on any atom is -0.378 e. The number of pyridine rings is 1. The Morgan fingerprint density at radius 1 is 1.27 bits per heavy atom. The fraction of sp³-hybridized carbons (Fsp3) is 0.583. The van der Waals surface area contributed by atoms with Gasteiger partial charge >= 0.3 is 0 Å². The summed E-state index contributed by atoms with van der Waals surface area (Å²) in [6, 6.07) is 4.28. The van der Waals surface area contributed by atoms with Crippen molar-refractivity contribution in [2.75, 3.05) is 31.2 Å². The van der Waals surface area contributed by atoms with E-state index < -0.39 is 0 Å². The molecule has 82 valence electrons. The number of nitrogens with zero attached hydrogens (tertiary/aromatic N) is 2. The summed E-state index contributed by atoms with van der Waals surface area (Å²) in [5.41, 5.74) is 2.37. The van der Waals surface area contributed by atoms with Gasteiger partial charge in [0.1, 0.15) is 0 Å². The van der Waals surface area contributed by atoms with Crippen LogP contribution in [0.25, 0.3) is 0 Å². The van der Waals surface area contributed by atoms with Crippen molar-refractivity contribution >= 4 is 5.69 Å². The van der Waals surface area contributed by atoms with E-state index in [2.05, 4.69) is 35.9 Å². The average Bonchev–Trinajstić information content (AvgIpc) is 2.30. The van der Waals surface area contributed by atoms with Crippen LogP contribution in [0, 0.1) is 0 Å². The Hall–Kier alpha value is -1.09.